The normalized spacial score (nSPS) is 14.2. The van der Waals surface area contributed by atoms with Crippen LogP contribution in [0.3, 0.4) is 0 Å². The fraction of sp³-hybridized carbons (Fsp3) is 1.00. The van der Waals surface area contributed by atoms with Crippen LogP contribution in [0.4, 0.5) is 0 Å². The molecule has 1 rings (SSSR count). The van der Waals surface area contributed by atoms with E-state index >= 15 is 0 Å². The molecule has 0 spiro atoms. The third-order valence-corrected chi connectivity index (χ3v) is 4.37. The molecular weight excluding hydrogens is 369 g/mol. The summed E-state index contributed by atoms with van der Waals surface area (Å²) in [6.45, 7) is 2.28. The molecule has 1 saturated heterocycles. The third-order valence-electron chi connectivity index (χ3n) is 4.37. The average Bonchev–Trinajstić information content (AvgIpc) is 3.21. The second-order valence-electron chi connectivity index (χ2n) is 6.58. The van der Waals surface area contributed by atoms with Gasteiger partial charge >= 0.3 is 105 Å². The van der Waals surface area contributed by atoms with Gasteiger partial charge in [0.1, 0.15) is 0 Å². The van der Waals surface area contributed by atoms with E-state index in [9.17, 15) is 5.11 Å². The van der Waals surface area contributed by atoms with Crippen LogP contribution in [-0.4, -0.2) is 110 Å². The summed E-state index contributed by atoms with van der Waals surface area (Å²) in [7, 11) is 0. The minimum Gasteiger partial charge on any atom is -1.00 e. The first-order valence-corrected chi connectivity index (χ1v) is 9.36. The van der Waals surface area contributed by atoms with Gasteiger partial charge in [0.15, 0.2) is 0 Å². The van der Waals surface area contributed by atoms with E-state index < -0.39 is 5.97 Å². The van der Waals surface area contributed by atoms with E-state index in [0.717, 1.165) is 6.42 Å². The molecule has 1 aliphatic rings. The molecule has 1 heterocycles. The standard InChI is InChI=1S/C18H36O3.2Ca.Mg.6H/c1-2-3-4-5-6-7-8-9-10-11-12-13-14-15-16-17-18(19)20-21-18;;;;;;;;;/h19H,2-17H2,1H3;;;;;;;;;/q;3*+2;6*-1. The molecular formula is C18H42Ca2MgO3. The molecule has 0 atom stereocenters. The van der Waals surface area contributed by atoms with Crippen LogP contribution in [0.25, 0.3) is 0 Å². The molecule has 0 bridgehead atoms. The third kappa shape index (κ3) is 21.5. The number of hydrogen-bond acceptors (Lipinski definition) is 3. The molecule has 3 nitrogen and oxygen atoms in total. The van der Waals surface area contributed by atoms with Crippen molar-refractivity contribution in [3.63, 3.8) is 0 Å². The van der Waals surface area contributed by atoms with Crippen LogP contribution in [0.5, 0.6) is 0 Å². The fourth-order valence-electron chi connectivity index (χ4n) is 2.85. The number of rotatable bonds is 16. The maximum Gasteiger partial charge on any atom is 2.00 e. The summed E-state index contributed by atoms with van der Waals surface area (Å²) >= 11 is 0. The van der Waals surface area contributed by atoms with Crippen molar-refractivity contribution >= 4 is 98.5 Å². The monoisotopic (exact) mass is 410 g/mol. The van der Waals surface area contributed by atoms with Crippen molar-refractivity contribution in [2.45, 2.75) is 116 Å². The van der Waals surface area contributed by atoms with Gasteiger partial charge in [-0.25, -0.2) is 0 Å². The van der Waals surface area contributed by atoms with Crippen molar-refractivity contribution in [3.05, 3.63) is 0 Å². The Labute approximate surface area is 234 Å². The van der Waals surface area contributed by atoms with Crippen LogP contribution >= 0.6 is 0 Å². The summed E-state index contributed by atoms with van der Waals surface area (Å²) in [5.41, 5.74) is 0. The first-order chi connectivity index (χ1) is 10.3. The van der Waals surface area contributed by atoms with Crippen molar-refractivity contribution in [3.8, 4) is 0 Å². The van der Waals surface area contributed by atoms with Gasteiger partial charge < -0.3 is 13.7 Å². The van der Waals surface area contributed by atoms with Crippen molar-refractivity contribution in [1.29, 1.82) is 0 Å². The predicted octanol–water partition coefficient (Wildman–Crippen LogP) is 5.39. The Bertz CT molecular complexity index is 264. The van der Waals surface area contributed by atoms with Crippen LogP contribution in [0.1, 0.15) is 118 Å². The summed E-state index contributed by atoms with van der Waals surface area (Å²) in [5, 5.41) is 9.29. The Balaban J connectivity index is -0.0000000700. The van der Waals surface area contributed by atoms with Crippen molar-refractivity contribution in [1.82, 2.24) is 0 Å². The Morgan fingerprint density at radius 1 is 0.625 bits per heavy atom. The molecule has 0 saturated carbocycles. The van der Waals surface area contributed by atoms with Crippen LogP contribution < -0.4 is 0 Å². The molecule has 0 aliphatic carbocycles. The first kappa shape index (κ1) is 31.8. The minimum atomic E-state index is -1.21. The van der Waals surface area contributed by atoms with Crippen molar-refractivity contribution in [2.75, 3.05) is 0 Å². The zero-order chi connectivity index (χ0) is 15.2. The van der Waals surface area contributed by atoms with Gasteiger partial charge in [-0.15, -0.1) is 0 Å². The van der Waals surface area contributed by atoms with Crippen molar-refractivity contribution in [2.24, 2.45) is 0 Å². The van der Waals surface area contributed by atoms with Gasteiger partial charge in [0, 0.05) is 6.42 Å². The SMILES string of the molecule is CCCCCCCCCCCCCCCCCC1(O)OO1.[Ca+2].[Ca+2].[H-].[H-].[H-].[H-].[H-].[H-].[Mg+2]. The van der Waals surface area contributed by atoms with Gasteiger partial charge in [-0.1, -0.05) is 96.8 Å². The largest absolute Gasteiger partial charge is 2.00 e. The fourth-order valence-corrected chi connectivity index (χ4v) is 2.85. The topological polar surface area (TPSA) is 45.3 Å². The molecule has 0 amide bonds. The zero-order valence-electron chi connectivity index (χ0n) is 22.2. The van der Waals surface area contributed by atoms with E-state index in [2.05, 4.69) is 16.7 Å². The average molecular weight is 411 g/mol. The predicted molar refractivity (Wildman–Crippen MR) is 111 cm³/mol. The summed E-state index contributed by atoms with van der Waals surface area (Å²) in [5.74, 6) is -1.21. The Morgan fingerprint density at radius 2 is 0.917 bits per heavy atom. The number of aliphatic hydroxyl groups is 1. The van der Waals surface area contributed by atoms with Gasteiger partial charge in [0.05, 0.1) is 0 Å². The quantitative estimate of drug-likeness (QED) is 0.160. The van der Waals surface area contributed by atoms with Gasteiger partial charge in [-0.05, 0) is 6.42 Å². The van der Waals surface area contributed by atoms with Crippen LogP contribution in [0, 0.1) is 0 Å². The van der Waals surface area contributed by atoms with Crippen molar-refractivity contribution < 1.29 is 23.4 Å². The van der Waals surface area contributed by atoms with E-state index in [1.807, 2.05) is 0 Å². The number of unbranched alkanes of at least 4 members (excludes halogenated alkanes) is 14. The van der Waals surface area contributed by atoms with Gasteiger partial charge in [0.25, 0.3) is 0 Å². The van der Waals surface area contributed by atoms with Crippen LogP contribution in [0.2, 0.25) is 0 Å². The zero-order valence-corrected chi connectivity index (χ0v) is 22.0. The Morgan fingerprint density at radius 3 is 1.21 bits per heavy atom. The molecule has 138 valence electrons. The number of hydrogen-bond donors (Lipinski definition) is 1. The summed E-state index contributed by atoms with van der Waals surface area (Å²) in [4.78, 5) is 8.94. The molecule has 6 heteroatoms. The smallest absolute Gasteiger partial charge is 1.00 e. The molecule has 0 radical (unpaired) electrons. The van der Waals surface area contributed by atoms with Crippen LogP contribution in [0.15, 0.2) is 0 Å². The van der Waals surface area contributed by atoms with E-state index in [0.29, 0.717) is 6.42 Å². The molecule has 24 heavy (non-hydrogen) atoms. The maximum atomic E-state index is 9.29. The maximum absolute atomic E-state index is 9.29. The summed E-state index contributed by atoms with van der Waals surface area (Å²) in [6, 6.07) is 0. The molecule has 0 unspecified atom stereocenters. The Kier molecular flexibility index (Phi) is 29.8. The second-order valence-corrected chi connectivity index (χ2v) is 6.58. The van der Waals surface area contributed by atoms with Gasteiger partial charge in [-0.2, -0.15) is 9.78 Å². The second kappa shape index (κ2) is 22.5. The molecule has 0 aromatic carbocycles. The first-order valence-electron chi connectivity index (χ1n) is 9.36. The molecule has 1 aliphatic heterocycles. The van der Waals surface area contributed by atoms with Gasteiger partial charge in [-0.3, -0.25) is 0 Å². The molecule has 1 N–H and O–H groups in total. The molecule has 0 aromatic rings. The van der Waals surface area contributed by atoms with E-state index in [1.54, 1.807) is 0 Å². The molecule has 0 aromatic heterocycles. The van der Waals surface area contributed by atoms with Gasteiger partial charge in [0.2, 0.25) is 0 Å². The van der Waals surface area contributed by atoms with E-state index in [1.165, 1.54) is 89.9 Å². The minimum absolute atomic E-state index is 0. The summed E-state index contributed by atoms with van der Waals surface area (Å²) < 4.78 is 0. The van der Waals surface area contributed by atoms with Crippen LogP contribution in [-0.2, 0) is 9.78 Å². The van der Waals surface area contributed by atoms with E-state index in [-0.39, 0.29) is 107 Å². The van der Waals surface area contributed by atoms with E-state index in [4.69, 9.17) is 0 Å². The Hall–Kier alpha value is 3.17. The summed E-state index contributed by atoms with van der Waals surface area (Å²) in [6.07, 6.45) is 21.0. The molecule has 1 fully saturated rings.